The molecule has 0 aliphatic carbocycles. The first-order valence-electron chi connectivity index (χ1n) is 4.57. The van der Waals surface area contributed by atoms with Crippen molar-refractivity contribution in [3.8, 4) is 0 Å². The fourth-order valence-electron chi connectivity index (χ4n) is 1.27. The van der Waals surface area contributed by atoms with Crippen molar-refractivity contribution in [1.82, 2.24) is 4.98 Å². The van der Waals surface area contributed by atoms with Gasteiger partial charge in [-0.1, -0.05) is 0 Å². The normalized spacial score (nSPS) is 15.5. The Morgan fingerprint density at radius 1 is 1.53 bits per heavy atom. The fourth-order valence-corrected chi connectivity index (χ4v) is 1.27. The smallest absolute Gasteiger partial charge is 0.215 e. The molecule has 5 heteroatoms. The number of hydrogen-bond acceptors (Lipinski definition) is 4. The van der Waals surface area contributed by atoms with Crippen LogP contribution in [-0.4, -0.2) is 16.2 Å². The molecule has 0 radical (unpaired) electrons. The summed E-state index contributed by atoms with van der Waals surface area (Å²) in [6.07, 6.45) is -0.761. The van der Waals surface area contributed by atoms with Gasteiger partial charge in [-0.15, -0.1) is 0 Å². The van der Waals surface area contributed by atoms with Gasteiger partial charge in [-0.05, 0) is 19.1 Å². The molecule has 0 amide bonds. The maximum Gasteiger partial charge on any atom is 0.215 e. The van der Waals surface area contributed by atoms with Crippen molar-refractivity contribution in [3.63, 3.8) is 0 Å². The number of halogens is 1. The highest BCUT2D eigenvalue weighted by molar-refractivity contribution is 5.72. The van der Waals surface area contributed by atoms with E-state index in [0.29, 0.717) is 11.1 Å². The Balaban J connectivity index is 2.47. The molecule has 0 bridgehead atoms. The molecule has 1 aromatic carbocycles. The first kappa shape index (κ1) is 10.1. The monoisotopic (exact) mass is 210 g/mol. The molecule has 0 aliphatic heterocycles. The van der Waals surface area contributed by atoms with E-state index in [9.17, 15) is 9.50 Å². The summed E-state index contributed by atoms with van der Waals surface area (Å²) in [5.74, 6) is -0.168. The zero-order chi connectivity index (χ0) is 11.0. The minimum Gasteiger partial charge on any atom is -0.439 e. The molecule has 2 aromatic rings. The SMILES string of the molecule is CC(O)C(N)c1nc2cc(F)ccc2o1. The molecule has 2 rings (SSSR count). The van der Waals surface area contributed by atoms with Crippen LogP contribution in [0.25, 0.3) is 11.1 Å². The van der Waals surface area contributed by atoms with Crippen molar-refractivity contribution in [3.05, 3.63) is 29.9 Å². The van der Waals surface area contributed by atoms with E-state index in [1.807, 2.05) is 0 Å². The predicted molar refractivity (Wildman–Crippen MR) is 52.6 cm³/mol. The predicted octanol–water partition coefficient (Wildman–Crippen LogP) is 1.35. The molecule has 80 valence electrons. The summed E-state index contributed by atoms with van der Waals surface area (Å²) < 4.78 is 18.1. The van der Waals surface area contributed by atoms with E-state index in [-0.39, 0.29) is 11.7 Å². The number of nitrogens with two attached hydrogens (primary N) is 1. The van der Waals surface area contributed by atoms with Gasteiger partial charge in [-0.3, -0.25) is 0 Å². The second-order valence-electron chi connectivity index (χ2n) is 3.43. The number of aliphatic hydroxyl groups excluding tert-OH is 1. The summed E-state index contributed by atoms with van der Waals surface area (Å²) in [5.41, 5.74) is 6.50. The van der Waals surface area contributed by atoms with Gasteiger partial charge in [0.15, 0.2) is 5.58 Å². The Kier molecular flexibility index (Phi) is 2.42. The third kappa shape index (κ3) is 1.84. The van der Waals surface area contributed by atoms with Crippen LogP contribution in [0.3, 0.4) is 0 Å². The van der Waals surface area contributed by atoms with Crippen LogP contribution < -0.4 is 5.73 Å². The number of rotatable bonds is 2. The van der Waals surface area contributed by atoms with E-state index < -0.39 is 12.1 Å². The Bertz CT molecular complexity index is 481. The van der Waals surface area contributed by atoms with Crippen molar-refractivity contribution in [2.45, 2.75) is 19.1 Å². The van der Waals surface area contributed by atoms with Crippen LogP contribution in [0.2, 0.25) is 0 Å². The minimum atomic E-state index is -0.761. The lowest BCUT2D eigenvalue weighted by Gasteiger charge is -2.09. The molecule has 2 unspecified atom stereocenters. The molecule has 15 heavy (non-hydrogen) atoms. The van der Waals surface area contributed by atoms with Gasteiger partial charge in [-0.25, -0.2) is 9.37 Å². The van der Waals surface area contributed by atoms with Crippen LogP contribution >= 0.6 is 0 Å². The average Bonchev–Trinajstić information content (AvgIpc) is 2.58. The van der Waals surface area contributed by atoms with E-state index in [4.69, 9.17) is 10.2 Å². The third-order valence-corrected chi connectivity index (χ3v) is 2.17. The summed E-state index contributed by atoms with van der Waals surface area (Å²) in [6.45, 7) is 1.54. The molecule has 1 aromatic heterocycles. The standard InChI is InChI=1S/C10H11FN2O2/c1-5(14)9(12)10-13-7-4-6(11)2-3-8(7)15-10/h2-5,9,14H,12H2,1H3. The van der Waals surface area contributed by atoms with Gasteiger partial charge in [0.1, 0.15) is 17.4 Å². The molecule has 3 N–H and O–H groups in total. The van der Waals surface area contributed by atoms with E-state index in [1.54, 1.807) is 6.92 Å². The Labute approximate surface area is 85.5 Å². The molecule has 2 atom stereocenters. The van der Waals surface area contributed by atoms with Crippen molar-refractivity contribution < 1.29 is 13.9 Å². The number of fused-ring (bicyclic) bond motifs is 1. The molecular formula is C10H11FN2O2. The maximum atomic E-state index is 12.8. The van der Waals surface area contributed by atoms with Crippen LogP contribution in [-0.2, 0) is 0 Å². The summed E-state index contributed by atoms with van der Waals surface area (Å²) in [5, 5.41) is 9.25. The van der Waals surface area contributed by atoms with Gasteiger partial charge >= 0.3 is 0 Å². The zero-order valence-corrected chi connectivity index (χ0v) is 8.14. The second-order valence-corrected chi connectivity index (χ2v) is 3.43. The summed E-state index contributed by atoms with van der Waals surface area (Å²) in [4.78, 5) is 4.00. The van der Waals surface area contributed by atoms with E-state index in [0.717, 1.165) is 0 Å². The van der Waals surface area contributed by atoms with E-state index in [2.05, 4.69) is 4.98 Å². The maximum absolute atomic E-state index is 12.8. The minimum absolute atomic E-state index is 0.214. The number of oxazole rings is 1. The largest absolute Gasteiger partial charge is 0.439 e. The molecular weight excluding hydrogens is 199 g/mol. The second kappa shape index (κ2) is 3.60. The van der Waals surface area contributed by atoms with E-state index in [1.165, 1.54) is 18.2 Å². The topological polar surface area (TPSA) is 72.3 Å². The molecule has 0 spiro atoms. The number of hydrogen-bond donors (Lipinski definition) is 2. The number of nitrogens with zero attached hydrogens (tertiary/aromatic N) is 1. The number of aromatic nitrogens is 1. The lowest BCUT2D eigenvalue weighted by atomic mass is 10.2. The van der Waals surface area contributed by atoms with Crippen LogP contribution in [0.5, 0.6) is 0 Å². The molecule has 0 saturated carbocycles. The molecule has 0 saturated heterocycles. The van der Waals surface area contributed by atoms with Gasteiger partial charge in [0, 0.05) is 6.07 Å². The zero-order valence-electron chi connectivity index (χ0n) is 8.14. The lowest BCUT2D eigenvalue weighted by Crippen LogP contribution is -2.23. The first-order chi connectivity index (χ1) is 7.08. The van der Waals surface area contributed by atoms with Crippen LogP contribution in [0.1, 0.15) is 18.9 Å². The molecule has 0 fully saturated rings. The summed E-state index contributed by atoms with van der Waals surface area (Å²) in [6, 6.07) is 3.33. The molecule has 4 nitrogen and oxygen atoms in total. The summed E-state index contributed by atoms with van der Waals surface area (Å²) in [7, 11) is 0. The van der Waals surface area contributed by atoms with Crippen molar-refractivity contribution in [1.29, 1.82) is 0 Å². The average molecular weight is 210 g/mol. The molecule has 0 aliphatic rings. The Morgan fingerprint density at radius 3 is 2.93 bits per heavy atom. The van der Waals surface area contributed by atoms with Gasteiger partial charge in [0.05, 0.1) is 6.10 Å². The number of aliphatic hydroxyl groups is 1. The number of benzene rings is 1. The highest BCUT2D eigenvalue weighted by atomic mass is 19.1. The van der Waals surface area contributed by atoms with Crippen LogP contribution in [0, 0.1) is 5.82 Å². The van der Waals surface area contributed by atoms with Gasteiger partial charge in [0.25, 0.3) is 0 Å². The quantitative estimate of drug-likeness (QED) is 0.784. The van der Waals surface area contributed by atoms with Crippen LogP contribution in [0.15, 0.2) is 22.6 Å². The lowest BCUT2D eigenvalue weighted by molar-refractivity contribution is 0.152. The fraction of sp³-hybridized carbons (Fsp3) is 0.300. The van der Waals surface area contributed by atoms with Gasteiger partial charge in [-0.2, -0.15) is 0 Å². The Morgan fingerprint density at radius 2 is 2.27 bits per heavy atom. The van der Waals surface area contributed by atoms with Crippen molar-refractivity contribution >= 4 is 11.1 Å². The Hall–Kier alpha value is -1.46. The first-order valence-corrected chi connectivity index (χ1v) is 4.57. The highest BCUT2D eigenvalue weighted by Gasteiger charge is 2.18. The van der Waals surface area contributed by atoms with Crippen molar-refractivity contribution in [2.75, 3.05) is 0 Å². The van der Waals surface area contributed by atoms with E-state index >= 15 is 0 Å². The third-order valence-electron chi connectivity index (χ3n) is 2.17. The van der Waals surface area contributed by atoms with Crippen LogP contribution in [0.4, 0.5) is 4.39 Å². The van der Waals surface area contributed by atoms with Crippen molar-refractivity contribution in [2.24, 2.45) is 5.73 Å². The molecule has 1 heterocycles. The van der Waals surface area contributed by atoms with Gasteiger partial charge in [0.2, 0.25) is 5.89 Å². The highest BCUT2D eigenvalue weighted by Crippen LogP contribution is 2.21. The van der Waals surface area contributed by atoms with Gasteiger partial charge < -0.3 is 15.3 Å². The summed E-state index contributed by atoms with van der Waals surface area (Å²) >= 11 is 0.